The summed E-state index contributed by atoms with van der Waals surface area (Å²) in [5, 5.41) is 0. The Balaban J connectivity index is 3.16. The van der Waals surface area contributed by atoms with Crippen LogP contribution >= 0.6 is 11.8 Å². The van der Waals surface area contributed by atoms with Gasteiger partial charge in [0.25, 0.3) is 0 Å². The van der Waals surface area contributed by atoms with Gasteiger partial charge < -0.3 is 4.74 Å². The minimum atomic E-state index is -4.36. The summed E-state index contributed by atoms with van der Waals surface area (Å²) in [5.41, 5.74) is -0.712. The van der Waals surface area contributed by atoms with Crippen LogP contribution in [-0.2, 0) is 6.18 Å². The first kappa shape index (κ1) is 12.2. The van der Waals surface area contributed by atoms with E-state index in [0.29, 0.717) is 4.90 Å². The molecule has 0 saturated carbocycles. The number of rotatable bonds is 3. The van der Waals surface area contributed by atoms with Crippen LogP contribution in [0.3, 0.4) is 0 Å². The lowest BCUT2D eigenvalue weighted by atomic mass is 10.2. The Bertz CT molecular complexity index is 336. The van der Waals surface area contributed by atoms with Gasteiger partial charge >= 0.3 is 6.18 Å². The fraction of sp³-hybridized carbons (Fsp3) is 0.400. The Morgan fingerprint density at radius 3 is 2.47 bits per heavy atom. The average molecular weight is 236 g/mol. The summed E-state index contributed by atoms with van der Waals surface area (Å²) in [5.74, 6) is -0.109. The predicted molar refractivity (Wildman–Crippen MR) is 54.4 cm³/mol. The smallest absolute Gasteiger partial charge is 0.420 e. The molecule has 0 heterocycles. The number of thioether (sulfide) groups is 1. The summed E-state index contributed by atoms with van der Waals surface area (Å²) < 4.78 is 42.7. The molecule has 1 aromatic carbocycles. The molecule has 1 nitrogen and oxygen atoms in total. The molecular weight excluding hydrogens is 225 g/mol. The Hall–Kier alpha value is -0.840. The molecule has 0 atom stereocenters. The number of ether oxygens (including phenoxy) is 1. The molecule has 0 aromatic heterocycles. The lowest BCUT2D eigenvalue weighted by Gasteiger charge is -2.13. The van der Waals surface area contributed by atoms with E-state index in [-0.39, 0.29) is 12.4 Å². The molecule has 0 unspecified atom stereocenters. The first-order chi connectivity index (χ1) is 6.99. The van der Waals surface area contributed by atoms with Gasteiger partial charge in [0.2, 0.25) is 0 Å². The monoisotopic (exact) mass is 236 g/mol. The first-order valence-corrected chi connectivity index (χ1v) is 5.59. The van der Waals surface area contributed by atoms with Gasteiger partial charge in [-0.3, -0.25) is 0 Å². The van der Waals surface area contributed by atoms with Gasteiger partial charge in [-0.15, -0.1) is 11.8 Å². The summed E-state index contributed by atoms with van der Waals surface area (Å²) >= 11 is 1.27. The van der Waals surface area contributed by atoms with Crippen LogP contribution in [0.15, 0.2) is 23.1 Å². The van der Waals surface area contributed by atoms with E-state index >= 15 is 0 Å². The number of hydrogen-bond donors (Lipinski definition) is 0. The van der Waals surface area contributed by atoms with Crippen molar-refractivity contribution < 1.29 is 17.9 Å². The normalized spacial score (nSPS) is 11.5. The predicted octanol–water partition coefficient (Wildman–Crippen LogP) is 3.83. The van der Waals surface area contributed by atoms with Crippen molar-refractivity contribution in [2.75, 3.05) is 12.9 Å². The van der Waals surface area contributed by atoms with Gasteiger partial charge in [0.05, 0.1) is 12.2 Å². The van der Waals surface area contributed by atoms with Crippen LogP contribution in [0.4, 0.5) is 13.2 Å². The van der Waals surface area contributed by atoms with Gasteiger partial charge in [0.15, 0.2) is 0 Å². The van der Waals surface area contributed by atoms with E-state index in [2.05, 4.69) is 0 Å². The minimum absolute atomic E-state index is 0.109. The lowest BCUT2D eigenvalue weighted by Crippen LogP contribution is -2.08. The van der Waals surface area contributed by atoms with Crippen LogP contribution in [0.1, 0.15) is 12.5 Å². The third-order valence-corrected chi connectivity index (χ3v) is 2.52. The van der Waals surface area contributed by atoms with Crippen molar-refractivity contribution in [1.82, 2.24) is 0 Å². The largest absolute Gasteiger partial charge is 0.493 e. The van der Waals surface area contributed by atoms with E-state index in [1.807, 2.05) is 0 Å². The highest BCUT2D eigenvalue weighted by Crippen LogP contribution is 2.38. The molecule has 0 N–H and O–H groups in total. The zero-order valence-electron chi connectivity index (χ0n) is 8.39. The van der Waals surface area contributed by atoms with Crippen molar-refractivity contribution in [3.63, 3.8) is 0 Å². The van der Waals surface area contributed by atoms with Crippen molar-refractivity contribution in [2.24, 2.45) is 0 Å². The molecular formula is C10H11F3OS. The zero-order valence-corrected chi connectivity index (χ0v) is 9.21. The molecule has 1 aromatic rings. The van der Waals surface area contributed by atoms with E-state index in [0.717, 1.165) is 6.07 Å². The summed E-state index contributed by atoms with van der Waals surface area (Å²) in [7, 11) is 0. The molecule has 0 radical (unpaired) electrons. The van der Waals surface area contributed by atoms with Gasteiger partial charge in [-0.1, -0.05) is 0 Å². The van der Waals surface area contributed by atoms with Crippen molar-refractivity contribution in [2.45, 2.75) is 18.0 Å². The van der Waals surface area contributed by atoms with Crippen molar-refractivity contribution in [1.29, 1.82) is 0 Å². The number of hydrogen-bond acceptors (Lipinski definition) is 2. The molecule has 84 valence electrons. The van der Waals surface area contributed by atoms with E-state index in [9.17, 15) is 13.2 Å². The number of benzene rings is 1. The molecule has 0 aliphatic rings. The standard InChI is InChI=1S/C10H11F3OS/c1-3-14-9-5-4-7(15-2)6-8(9)10(11,12)13/h4-6H,3H2,1-2H3. The van der Waals surface area contributed by atoms with Gasteiger partial charge in [-0.25, -0.2) is 0 Å². The summed E-state index contributed by atoms with van der Waals surface area (Å²) in [6.07, 6.45) is -2.63. The van der Waals surface area contributed by atoms with Crippen LogP contribution in [0, 0.1) is 0 Å². The maximum Gasteiger partial charge on any atom is 0.420 e. The molecule has 1 rings (SSSR count). The minimum Gasteiger partial charge on any atom is -0.493 e. The number of halogens is 3. The second kappa shape index (κ2) is 4.79. The van der Waals surface area contributed by atoms with Crippen molar-refractivity contribution in [3.05, 3.63) is 23.8 Å². The SMILES string of the molecule is CCOc1ccc(SC)cc1C(F)(F)F. The van der Waals surface area contributed by atoms with Gasteiger partial charge in [0, 0.05) is 4.90 Å². The van der Waals surface area contributed by atoms with Gasteiger partial charge in [-0.2, -0.15) is 13.2 Å². The van der Waals surface area contributed by atoms with E-state index in [1.165, 1.54) is 17.8 Å². The fourth-order valence-corrected chi connectivity index (χ4v) is 1.58. The van der Waals surface area contributed by atoms with Crippen molar-refractivity contribution in [3.8, 4) is 5.75 Å². The summed E-state index contributed by atoms with van der Waals surface area (Å²) in [6, 6.07) is 4.08. The maximum absolute atomic E-state index is 12.6. The summed E-state index contributed by atoms with van der Waals surface area (Å²) in [4.78, 5) is 0.575. The van der Waals surface area contributed by atoms with Gasteiger partial charge in [-0.05, 0) is 31.4 Å². The topological polar surface area (TPSA) is 9.23 Å². The highest BCUT2D eigenvalue weighted by molar-refractivity contribution is 7.98. The van der Waals surface area contributed by atoms with E-state index < -0.39 is 11.7 Å². The molecule has 0 saturated heterocycles. The van der Waals surface area contributed by atoms with E-state index in [4.69, 9.17) is 4.74 Å². The molecule has 0 amide bonds. The molecule has 0 bridgehead atoms. The maximum atomic E-state index is 12.6. The van der Waals surface area contributed by atoms with Crippen LogP contribution in [0.25, 0.3) is 0 Å². The van der Waals surface area contributed by atoms with Gasteiger partial charge in [0.1, 0.15) is 5.75 Å². The second-order valence-corrected chi connectivity index (χ2v) is 3.67. The Morgan fingerprint density at radius 1 is 1.33 bits per heavy atom. The average Bonchev–Trinajstić information content (AvgIpc) is 2.17. The highest BCUT2D eigenvalue weighted by atomic mass is 32.2. The number of alkyl halides is 3. The van der Waals surface area contributed by atoms with Crippen LogP contribution in [0.2, 0.25) is 0 Å². The van der Waals surface area contributed by atoms with Crippen molar-refractivity contribution >= 4 is 11.8 Å². The lowest BCUT2D eigenvalue weighted by molar-refractivity contribution is -0.139. The highest BCUT2D eigenvalue weighted by Gasteiger charge is 2.34. The van der Waals surface area contributed by atoms with Crippen LogP contribution in [0.5, 0.6) is 5.75 Å². The fourth-order valence-electron chi connectivity index (χ4n) is 1.14. The molecule has 15 heavy (non-hydrogen) atoms. The zero-order chi connectivity index (χ0) is 11.5. The first-order valence-electron chi connectivity index (χ1n) is 4.37. The summed E-state index contributed by atoms with van der Waals surface area (Å²) in [6.45, 7) is 1.88. The third-order valence-electron chi connectivity index (χ3n) is 1.79. The molecule has 5 heteroatoms. The second-order valence-electron chi connectivity index (χ2n) is 2.79. The Morgan fingerprint density at radius 2 is 2.00 bits per heavy atom. The quantitative estimate of drug-likeness (QED) is 0.738. The Kier molecular flexibility index (Phi) is 3.90. The Labute approximate surface area is 90.6 Å². The van der Waals surface area contributed by atoms with Crippen LogP contribution in [-0.4, -0.2) is 12.9 Å². The molecule has 0 aliphatic carbocycles. The van der Waals surface area contributed by atoms with Crippen LogP contribution < -0.4 is 4.74 Å². The molecule has 0 aliphatic heterocycles. The third kappa shape index (κ3) is 3.06. The molecule has 0 fully saturated rings. The molecule has 0 spiro atoms. The van der Waals surface area contributed by atoms with E-state index in [1.54, 1.807) is 19.2 Å².